The molecular formula is C6H8F2N2O. The smallest absolute Gasteiger partial charge is 0.313 e. The number of aromatic nitrogens is 1. The zero-order valence-electron chi connectivity index (χ0n) is 5.92. The van der Waals surface area contributed by atoms with E-state index in [0.717, 1.165) is 0 Å². The molecule has 2 N–H and O–H groups in total. The summed E-state index contributed by atoms with van der Waals surface area (Å²) in [4.78, 5) is 3.34. The van der Waals surface area contributed by atoms with Crippen molar-refractivity contribution in [2.24, 2.45) is 5.73 Å². The van der Waals surface area contributed by atoms with Crippen LogP contribution in [0.3, 0.4) is 0 Å². The molecule has 0 fully saturated rings. The van der Waals surface area contributed by atoms with Crippen molar-refractivity contribution in [1.82, 2.24) is 4.98 Å². The van der Waals surface area contributed by atoms with Crippen LogP contribution in [-0.2, 0) is 0 Å². The van der Waals surface area contributed by atoms with Crippen molar-refractivity contribution in [2.45, 2.75) is 19.4 Å². The molecule has 0 radical (unpaired) electrons. The third-order valence-electron chi connectivity index (χ3n) is 1.18. The minimum atomic E-state index is -2.66. The Bertz CT molecular complexity index is 212. The van der Waals surface area contributed by atoms with Crippen LogP contribution in [0.5, 0.6) is 0 Å². The van der Waals surface area contributed by atoms with Crippen LogP contribution in [0.2, 0.25) is 0 Å². The standard InChI is InChI=1S/C6H8F2N2O/c1-3(9)4-2-10-6(11-4)5(7)8/h2-3,5H,9H2,1H3. The predicted molar refractivity (Wildman–Crippen MR) is 34.1 cm³/mol. The lowest BCUT2D eigenvalue weighted by Gasteiger charge is -1.96. The third kappa shape index (κ3) is 1.74. The van der Waals surface area contributed by atoms with E-state index in [2.05, 4.69) is 9.40 Å². The van der Waals surface area contributed by atoms with Crippen LogP contribution in [0.15, 0.2) is 10.6 Å². The molecule has 0 saturated heterocycles. The normalized spacial score (nSPS) is 13.9. The first-order valence-electron chi connectivity index (χ1n) is 3.10. The Labute approximate surface area is 62.2 Å². The molecule has 1 rings (SSSR count). The highest BCUT2D eigenvalue weighted by atomic mass is 19.3. The summed E-state index contributed by atoms with van der Waals surface area (Å²) in [7, 11) is 0. The molecular weight excluding hydrogens is 154 g/mol. The van der Waals surface area contributed by atoms with Crippen LogP contribution >= 0.6 is 0 Å². The van der Waals surface area contributed by atoms with Gasteiger partial charge in [0, 0.05) is 0 Å². The van der Waals surface area contributed by atoms with Crippen LogP contribution in [0.25, 0.3) is 0 Å². The number of rotatable bonds is 2. The number of nitrogens with two attached hydrogens (primary N) is 1. The van der Waals surface area contributed by atoms with Crippen molar-refractivity contribution in [3.8, 4) is 0 Å². The molecule has 1 unspecified atom stereocenters. The second-order valence-electron chi connectivity index (χ2n) is 2.19. The van der Waals surface area contributed by atoms with Gasteiger partial charge < -0.3 is 10.2 Å². The maximum absolute atomic E-state index is 11.8. The molecule has 11 heavy (non-hydrogen) atoms. The first kappa shape index (κ1) is 8.13. The number of alkyl halides is 2. The van der Waals surface area contributed by atoms with E-state index in [0.29, 0.717) is 0 Å². The van der Waals surface area contributed by atoms with Crippen LogP contribution < -0.4 is 5.73 Å². The Morgan fingerprint density at radius 1 is 1.64 bits per heavy atom. The van der Waals surface area contributed by atoms with Gasteiger partial charge in [-0.25, -0.2) is 4.98 Å². The van der Waals surface area contributed by atoms with E-state index in [-0.39, 0.29) is 5.76 Å². The summed E-state index contributed by atoms with van der Waals surface area (Å²) in [5.41, 5.74) is 5.35. The van der Waals surface area contributed by atoms with E-state index >= 15 is 0 Å². The molecule has 0 aliphatic heterocycles. The maximum atomic E-state index is 11.8. The predicted octanol–water partition coefficient (Wildman–Crippen LogP) is 1.63. The van der Waals surface area contributed by atoms with Gasteiger partial charge in [-0.1, -0.05) is 0 Å². The Kier molecular flexibility index (Phi) is 2.19. The van der Waals surface area contributed by atoms with Gasteiger partial charge in [0.1, 0.15) is 5.76 Å². The van der Waals surface area contributed by atoms with Crippen molar-refractivity contribution in [3.05, 3.63) is 17.8 Å². The Morgan fingerprint density at radius 3 is 2.55 bits per heavy atom. The second kappa shape index (κ2) is 2.96. The van der Waals surface area contributed by atoms with Crippen LogP contribution in [-0.4, -0.2) is 4.98 Å². The largest absolute Gasteiger partial charge is 0.439 e. The van der Waals surface area contributed by atoms with Gasteiger partial charge in [-0.05, 0) is 6.92 Å². The maximum Gasteiger partial charge on any atom is 0.313 e. The Balaban J connectivity index is 2.82. The minimum absolute atomic E-state index is 0.278. The van der Waals surface area contributed by atoms with E-state index < -0.39 is 18.4 Å². The van der Waals surface area contributed by atoms with Gasteiger partial charge in [-0.2, -0.15) is 8.78 Å². The van der Waals surface area contributed by atoms with Gasteiger partial charge in [0.15, 0.2) is 0 Å². The molecule has 1 atom stereocenters. The van der Waals surface area contributed by atoms with Gasteiger partial charge in [-0.15, -0.1) is 0 Å². The van der Waals surface area contributed by atoms with Crippen LogP contribution in [0, 0.1) is 0 Å². The number of nitrogens with zero attached hydrogens (tertiary/aromatic N) is 1. The molecule has 0 spiro atoms. The van der Waals surface area contributed by atoms with Crippen molar-refractivity contribution >= 4 is 0 Å². The molecule has 0 aliphatic carbocycles. The monoisotopic (exact) mass is 162 g/mol. The molecule has 1 aromatic heterocycles. The first-order chi connectivity index (χ1) is 5.11. The van der Waals surface area contributed by atoms with E-state index in [1.807, 2.05) is 0 Å². The molecule has 1 aromatic rings. The fourth-order valence-corrected chi connectivity index (χ4v) is 0.612. The van der Waals surface area contributed by atoms with Crippen LogP contribution in [0.4, 0.5) is 8.78 Å². The van der Waals surface area contributed by atoms with Crippen LogP contribution in [0.1, 0.15) is 31.0 Å². The molecule has 0 aliphatic rings. The fraction of sp³-hybridized carbons (Fsp3) is 0.500. The number of hydrogen-bond acceptors (Lipinski definition) is 3. The van der Waals surface area contributed by atoms with Crippen molar-refractivity contribution < 1.29 is 13.2 Å². The summed E-state index contributed by atoms with van der Waals surface area (Å²) in [6, 6.07) is -0.394. The molecule has 0 saturated carbocycles. The first-order valence-corrected chi connectivity index (χ1v) is 3.10. The average molecular weight is 162 g/mol. The summed E-state index contributed by atoms with van der Waals surface area (Å²) in [6.45, 7) is 1.63. The molecule has 0 amide bonds. The molecule has 5 heteroatoms. The number of oxazole rings is 1. The molecule has 0 aromatic carbocycles. The van der Waals surface area contributed by atoms with Crippen molar-refractivity contribution in [3.63, 3.8) is 0 Å². The molecule has 1 heterocycles. The van der Waals surface area contributed by atoms with Crippen molar-refractivity contribution in [2.75, 3.05) is 0 Å². The summed E-state index contributed by atoms with van der Waals surface area (Å²) in [5, 5.41) is 0. The Hall–Kier alpha value is -0.970. The van der Waals surface area contributed by atoms with Gasteiger partial charge in [0.05, 0.1) is 12.2 Å². The lowest BCUT2D eigenvalue weighted by Crippen LogP contribution is -2.02. The topological polar surface area (TPSA) is 52.0 Å². The highest BCUT2D eigenvalue weighted by Crippen LogP contribution is 2.20. The van der Waals surface area contributed by atoms with Gasteiger partial charge >= 0.3 is 6.43 Å². The zero-order valence-corrected chi connectivity index (χ0v) is 5.92. The third-order valence-corrected chi connectivity index (χ3v) is 1.18. The highest BCUT2D eigenvalue weighted by molar-refractivity contribution is 4.98. The van der Waals surface area contributed by atoms with E-state index in [4.69, 9.17) is 5.73 Å². The summed E-state index contributed by atoms with van der Waals surface area (Å²) in [5.74, 6) is -0.294. The van der Waals surface area contributed by atoms with Gasteiger partial charge in [-0.3, -0.25) is 0 Å². The molecule has 3 nitrogen and oxygen atoms in total. The summed E-state index contributed by atoms with van der Waals surface area (Å²) >= 11 is 0. The van der Waals surface area contributed by atoms with Crippen molar-refractivity contribution in [1.29, 1.82) is 0 Å². The zero-order chi connectivity index (χ0) is 8.43. The lowest BCUT2D eigenvalue weighted by atomic mass is 10.3. The highest BCUT2D eigenvalue weighted by Gasteiger charge is 2.15. The fourth-order valence-electron chi connectivity index (χ4n) is 0.612. The van der Waals surface area contributed by atoms with E-state index in [1.54, 1.807) is 6.92 Å². The summed E-state index contributed by atoms with van der Waals surface area (Å²) in [6.07, 6.45) is -1.45. The number of hydrogen-bond donors (Lipinski definition) is 1. The van der Waals surface area contributed by atoms with E-state index in [1.165, 1.54) is 6.20 Å². The van der Waals surface area contributed by atoms with Gasteiger partial charge in [0.2, 0.25) is 0 Å². The van der Waals surface area contributed by atoms with Gasteiger partial charge in [0.25, 0.3) is 5.89 Å². The number of halogens is 2. The SMILES string of the molecule is CC(N)c1cnc(C(F)F)o1. The Morgan fingerprint density at radius 2 is 2.27 bits per heavy atom. The quantitative estimate of drug-likeness (QED) is 0.719. The van der Waals surface area contributed by atoms with E-state index in [9.17, 15) is 8.78 Å². The second-order valence-corrected chi connectivity index (χ2v) is 2.19. The molecule has 0 bridgehead atoms. The lowest BCUT2D eigenvalue weighted by molar-refractivity contribution is 0.113. The molecule has 62 valence electrons. The summed E-state index contributed by atoms with van der Waals surface area (Å²) < 4.78 is 28.3. The average Bonchev–Trinajstić information content (AvgIpc) is 2.33. The minimum Gasteiger partial charge on any atom is -0.439 e.